The molecule has 2 N–H and O–H groups in total. The van der Waals surface area contributed by atoms with E-state index >= 15 is 0 Å². The molecule has 0 aliphatic carbocycles. The van der Waals surface area contributed by atoms with E-state index in [0.29, 0.717) is 11.6 Å². The molecular weight excluding hydrogens is 274 g/mol. The highest BCUT2D eigenvalue weighted by Gasteiger charge is 2.20. The molecule has 0 bridgehead atoms. The van der Waals surface area contributed by atoms with Crippen LogP contribution in [0.4, 0.5) is 11.5 Å². The predicted octanol–water partition coefficient (Wildman–Crippen LogP) is 3.29. The summed E-state index contributed by atoms with van der Waals surface area (Å²) in [6.07, 6.45) is 0. The summed E-state index contributed by atoms with van der Waals surface area (Å²) in [5, 5.41) is 0.301. The topological polar surface area (TPSA) is 59.2 Å². The maximum Gasteiger partial charge on any atom is 0.278 e. The van der Waals surface area contributed by atoms with Gasteiger partial charge < -0.3 is 10.6 Å². The number of nitrogen functional groups attached to an aromatic ring is 1. The molecule has 0 saturated heterocycles. The van der Waals surface area contributed by atoms with Crippen molar-refractivity contribution in [1.29, 1.82) is 0 Å². The third-order valence-electron chi connectivity index (χ3n) is 2.98. The van der Waals surface area contributed by atoms with Crippen LogP contribution < -0.4 is 10.6 Å². The van der Waals surface area contributed by atoms with Gasteiger partial charge in [-0.3, -0.25) is 4.79 Å². The van der Waals surface area contributed by atoms with E-state index in [9.17, 15) is 4.79 Å². The Morgan fingerprint density at radius 1 is 1.25 bits per heavy atom. The molecule has 0 saturated carbocycles. The van der Waals surface area contributed by atoms with E-state index in [0.717, 1.165) is 11.3 Å². The first kappa shape index (κ1) is 14.3. The number of halogens is 1. The number of nitrogens with zero attached hydrogens (tertiary/aromatic N) is 2. The van der Waals surface area contributed by atoms with Gasteiger partial charge in [0.25, 0.3) is 5.91 Å². The number of aromatic nitrogens is 1. The van der Waals surface area contributed by atoms with Crippen LogP contribution in [-0.2, 0) is 0 Å². The second kappa shape index (κ2) is 5.92. The molecule has 2 rings (SSSR count). The van der Waals surface area contributed by atoms with E-state index in [1.165, 1.54) is 0 Å². The van der Waals surface area contributed by atoms with Crippen LogP contribution in [0.5, 0.6) is 0 Å². The number of amides is 1. The van der Waals surface area contributed by atoms with Crippen molar-refractivity contribution in [3.63, 3.8) is 0 Å². The number of anilines is 2. The molecule has 1 heterocycles. The molecule has 0 atom stereocenters. The molecule has 0 spiro atoms. The van der Waals surface area contributed by atoms with Gasteiger partial charge in [0.15, 0.2) is 0 Å². The number of hydrogen-bond acceptors (Lipinski definition) is 3. The molecule has 2 aromatic rings. The van der Waals surface area contributed by atoms with Crippen LogP contribution in [0.25, 0.3) is 0 Å². The van der Waals surface area contributed by atoms with E-state index in [-0.39, 0.29) is 17.4 Å². The number of aryl methyl sites for hydroxylation is 1. The van der Waals surface area contributed by atoms with Crippen molar-refractivity contribution < 1.29 is 4.79 Å². The molecule has 1 aromatic carbocycles. The Morgan fingerprint density at radius 3 is 2.50 bits per heavy atom. The Balaban J connectivity index is 2.38. The minimum atomic E-state index is -0.256. The molecule has 0 aliphatic rings. The number of pyridine rings is 1. The Morgan fingerprint density at radius 2 is 1.90 bits per heavy atom. The van der Waals surface area contributed by atoms with Crippen molar-refractivity contribution in [3.8, 4) is 0 Å². The number of rotatable bonds is 3. The lowest BCUT2D eigenvalue weighted by atomic mass is 10.2. The lowest BCUT2D eigenvalue weighted by Crippen LogP contribution is -2.31. The first-order valence-corrected chi connectivity index (χ1v) is 6.71. The fourth-order valence-corrected chi connectivity index (χ4v) is 2.09. The number of hydrogen-bond donors (Lipinski definition) is 1. The van der Waals surface area contributed by atoms with Crippen molar-refractivity contribution in [3.05, 3.63) is 52.7 Å². The molecule has 0 unspecified atom stereocenters. The lowest BCUT2D eigenvalue weighted by molar-refractivity contribution is 0.0984. The second-order valence-electron chi connectivity index (χ2n) is 4.45. The molecule has 0 radical (unpaired) electrons. The average Bonchev–Trinajstić information content (AvgIpc) is 2.44. The van der Waals surface area contributed by atoms with Crippen LogP contribution in [0.3, 0.4) is 0 Å². The highest BCUT2D eigenvalue weighted by Crippen LogP contribution is 2.21. The summed E-state index contributed by atoms with van der Waals surface area (Å²) in [5.74, 6) is 0.0198. The molecule has 5 heteroatoms. The number of carbonyl (C=O) groups excluding carboxylic acids is 1. The fourth-order valence-electron chi connectivity index (χ4n) is 1.90. The molecular formula is C15H16ClN3O. The van der Waals surface area contributed by atoms with Crippen LogP contribution >= 0.6 is 11.6 Å². The van der Waals surface area contributed by atoms with Gasteiger partial charge in [0, 0.05) is 12.2 Å². The summed E-state index contributed by atoms with van der Waals surface area (Å²) in [7, 11) is 0. The molecule has 1 aromatic heterocycles. The van der Waals surface area contributed by atoms with Gasteiger partial charge >= 0.3 is 0 Å². The van der Waals surface area contributed by atoms with Gasteiger partial charge in [0.1, 0.15) is 11.5 Å². The third-order valence-corrected chi connectivity index (χ3v) is 3.28. The second-order valence-corrected chi connectivity index (χ2v) is 4.86. The van der Waals surface area contributed by atoms with E-state index in [2.05, 4.69) is 4.98 Å². The van der Waals surface area contributed by atoms with Gasteiger partial charge in [0.2, 0.25) is 0 Å². The molecule has 0 fully saturated rings. The van der Waals surface area contributed by atoms with Crippen molar-refractivity contribution in [1.82, 2.24) is 4.98 Å². The van der Waals surface area contributed by atoms with Crippen LogP contribution in [-0.4, -0.2) is 17.4 Å². The molecule has 104 valence electrons. The predicted molar refractivity (Wildman–Crippen MR) is 82.2 cm³/mol. The van der Waals surface area contributed by atoms with Crippen molar-refractivity contribution in [2.75, 3.05) is 17.2 Å². The normalized spacial score (nSPS) is 10.3. The summed E-state index contributed by atoms with van der Waals surface area (Å²) in [5.41, 5.74) is 7.75. The smallest absolute Gasteiger partial charge is 0.278 e. The Kier molecular flexibility index (Phi) is 4.25. The zero-order chi connectivity index (χ0) is 14.7. The van der Waals surface area contributed by atoms with Crippen LogP contribution in [0.15, 0.2) is 36.4 Å². The Labute approximate surface area is 123 Å². The molecule has 0 aliphatic heterocycles. The molecule has 1 amide bonds. The standard InChI is InChI=1S/C15H16ClN3O/c1-3-19(11-6-4-10(2)5-7-11)15(20)14-12(16)8-9-13(17)18-14/h4-9H,3H2,1-2H3,(H2,17,18). The average molecular weight is 290 g/mol. The zero-order valence-corrected chi connectivity index (χ0v) is 12.2. The number of nitrogens with two attached hydrogens (primary N) is 1. The highest BCUT2D eigenvalue weighted by molar-refractivity contribution is 6.34. The van der Waals surface area contributed by atoms with Crippen LogP contribution in [0.1, 0.15) is 23.0 Å². The van der Waals surface area contributed by atoms with Gasteiger partial charge in [0.05, 0.1) is 5.02 Å². The summed E-state index contributed by atoms with van der Waals surface area (Å²) >= 11 is 6.04. The summed E-state index contributed by atoms with van der Waals surface area (Å²) < 4.78 is 0. The maximum absolute atomic E-state index is 12.6. The van der Waals surface area contributed by atoms with E-state index in [1.54, 1.807) is 17.0 Å². The van der Waals surface area contributed by atoms with Crippen molar-refractivity contribution in [2.24, 2.45) is 0 Å². The number of benzene rings is 1. The third kappa shape index (κ3) is 2.91. The minimum absolute atomic E-state index is 0.175. The summed E-state index contributed by atoms with van der Waals surface area (Å²) in [4.78, 5) is 18.2. The molecule has 4 nitrogen and oxygen atoms in total. The van der Waals surface area contributed by atoms with Gasteiger partial charge in [-0.1, -0.05) is 29.3 Å². The number of carbonyl (C=O) groups is 1. The van der Waals surface area contributed by atoms with Crippen LogP contribution in [0, 0.1) is 6.92 Å². The quantitative estimate of drug-likeness (QED) is 0.943. The SMILES string of the molecule is CCN(C(=O)c1nc(N)ccc1Cl)c1ccc(C)cc1. The fraction of sp³-hybridized carbons (Fsp3) is 0.200. The van der Waals surface area contributed by atoms with Crippen molar-refractivity contribution >= 4 is 29.0 Å². The maximum atomic E-state index is 12.6. The monoisotopic (exact) mass is 289 g/mol. The Bertz CT molecular complexity index is 626. The van der Waals surface area contributed by atoms with Crippen LogP contribution in [0.2, 0.25) is 5.02 Å². The van der Waals surface area contributed by atoms with E-state index < -0.39 is 0 Å². The largest absolute Gasteiger partial charge is 0.384 e. The Hall–Kier alpha value is -2.07. The highest BCUT2D eigenvalue weighted by atomic mass is 35.5. The zero-order valence-electron chi connectivity index (χ0n) is 11.4. The molecule has 20 heavy (non-hydrogen) atoms. The first-order valence-electron chi connectivity index (χ1n) is 6.33. The van der Waals surface area contributed by atoms with E-state index in [1.807, 2.05) is 38.1 Å². The van der Waals surface area contributed by atoms with Gasteiger partial charge in [-0.05, 0) is 38.1 Å². The summed E-state index contributed by atoms with van der Waals surface area (Å²) in [6.45, 7) is 4.42. The minimum Gasteiger partial charge on any atom is -0.384 e. The van der Waals surface area contributed by atoms with E-state index in [4.69, 9.17) is 17.3 Å². The van der Waals surface area contributed by atoms with Gasteiger partial charge in [-0.25, -0.2) is 4.98 Å². The lowest BCUT2D eigenvalue weighted by Gasteiger charge is -2.21. The summed E-state index contributed by atoms with van der Waals surface area (Å²) in [6, 6.07) is 10.9. The van der Waals surface area contributed by atoms with Crippen molar-refractivity contribution in [2.45, 2.75) is 13.8 Å². The first-order chi connectivity index (χ1) is 9.52. The van der Waals surface area contributed by atoms with Gasteiger partial charge in [-0.15, -0.1) is 0 Å². The van der Waals surface area contributed by atoms with Gasteiger partial charge in [-0.2, -0.15) is 0 Å².